The van der Waals surface area contributed by atoms with E-state index in [1.807, 2.05) is 18.2 Å². The lowest BCUT2D eigenvalue weighted by molar-refractivity contribution is -0.122. The van der Waals surface area contributed by atoms with E-state index in [0.717, 1.165) is 10.6 Å². The number of benzene rings is 2. The van der Waals surface area contributed by atoms with Crippen molar-refractivity contribution < 1.29 is 22.7 Å². The van der Waals surface area contributed by atoms with Crippen LogP contribution in [0.1, 0.15) is 13.3 Å². The van der Waals surface area contributed by atoms with Crippen molar-refractivity contribution >= 4 is 33.2 Å². The fourth-order valence-corrected chi connectivity index (χ4v) is 4.56. The first-order valence-electron chi connectivity index (χ1n) is 9.20. The summed E-state index contributed by atoms with van der Waals surface area (Å²) in [6, 6.07) is 12.8. The van der Waals surface area contributed by atoms with Gasteiger partial charge in [-0.05, 0) is 36.8 Å². The third-order valence-electron chi connectivity index (χ3n) is 4.46. The second kappa shape index (κ2) is 8.92. The van der Waals surface area contributed by atoms with Crippen LogP contribution in [-0.2, 0) is 14.8 Å². The predicted molar refractivity (Wildman–Crippen MR) is 112 cm³/mol. The highest BCUT2D eigenvalue weighted by Crippen LogP contribution is 2.30. The van der Waals surface area contributed by atoms with E-state index in [1.54, 1.807) is 31.2 Å². The van der Waals surface area contributed by atoms with E-state index in [0.29, 0.717) is 22.2 Å². The minimum Gasteiger partial charge on any atom is -0.486 e. The number of nitrogens with one attached hydrogen (secondary N) is 1. The number of carbonyl (C=O) groups is 1. The summed E-state index contributed by atoms with van der Waals surface area (Å²) >= 11 is 6.02. The number of amides is 1. The van der Waals surface area contributed by atoms with Gasteiger partial charge >= 0.3 is 0 Å². The molecule has 1 aliphatic rings. The summed E-state index contributed by atoms with van der Waals surface area (Å²) in [5.41, 5.74) is 0.341. The first-order chi connectivity index (χ1) is 13.8. The molecule has 9 heteroatoms. The molecule has 3 rings (SSSR count). The Balaban J connectivity index is 1.72. The highest BCUT2D eigenvalue weighted by molar-refractivity contribution is 7.92. The van der Waals surface area contributed by atoms with Crippen LogP contribution < -0.4 is 19.1 Å². The Morgan fingerprint density at radius 1 is 1.24 bits per heavy atom. The summed E-state index contributed by atoms with van der Waals surface area (Å²) in [5.74, 6) is 0.854. The van der Waals surface area contributed by atoms with E-state index in [4.69, 9.17) is 21.1 Å². The molecule has 1 N–H and O–H groups in total. The fraction of sp³-hybridized carbons (Fsp3) is 0.350. The molecule has 0 unspecified atom stereocenters. The van der Waals surface area contributed by atoms with Crippen LogP contribution in [-0.4, -0.2) is 45.9 Å². The molecule has 2 atom stereocenters. The normalized spacial score (nSPS) is 16.7. The Bertz CT molecular complexity index is 982. The summed E-state index contributed by atoms with van der Waals surface area (Å²) in [6.45, 7) is 2.23. The van der Waals surface area contributed by atoms with Crippen LogP contribution >= 0.6 is 11.6 Å². The second-order valence-corrected chi connectivity index (χ2v) is 9.00. The van der Waals surface area contributed by atoms with Crippen molar-refractivity contribution in [3.63, 3.8) is 0 Å². The first-order valence-corrected chi connectivity index (χ1v) is 11.4. The predicted octanol–water partition coefficient (Wildman–Crippen LogP) is 2.84. The van der Waals surface area contributed by atoms with Gasteiger partial charge in [0, 0.05) is 5.02 Å². The van der Waals surface area contributed by atoms with Crippen LogP contribution in [0.5, 0.6) is 11.5 Å². The molecule has 2 aromatic carbocycles. The van der Waals surface area contributed by atoms with Gasteiger partial charge in [-0.3, -0.25) is 9.10 Å². The maximum absolute atomic E-state index is 12.9. The first kappa shape index (κ1) is 21.3. The van der Waals surface area contributed by atoms with Crippen molar-refractivity contribution in [2.45, 2.75) is 25.5 Å². The van der Waals surface area contributed by atoms with E-state index >= 15 is 0 Å². The zero-order valence-corrected chi connectivity index (χ0v) is 17.7. The molecule has 0 saturated heterocycles. The largest absolute Gasteiger partial charge is 0.486 e. The van der Waals surface area contributed by atoms with Gasteiger partial charge in [0.2, 0.25) is 15.9 Å². The highest BCUT2D eigenvalue weighted by Gasteiger charge is 2.32. The third-order valence-corrected chi connectivity index (χ3v) is 5.88. The third kappa shape index (κ3) is 5.13. The molecular weight excluding hydrogens is 416 g/mol. The van der Waals surface area contributed by atoms with E-state index in [1.165, 1.54) is 6.07 Å². The SMILES string of the molecule is CC[C@@H](C(=O)NC[C@H]1COc2ccccc2O1)N(c1cccc(Cl)c1)S(C)(=O)=O. The Morgan fingerprint density at radius 2 is 1.97 bits per heavy atom. The van der Waals surface area contributed by atoms with E-state index in [-0.39, 0.29) is 25.7 Å². The van der Waals surface area contributed by atoms with Crippen LogP contribution in [0.2, 0.25) is 5.02 Å². The van der Waals surface area contributed by atoms with Gasteiger partial charge in [-0.1, -0.05) is 36.7 Å². The Morgan fingerprint density at radius 3 is 2.62 bits per heavy atom. The lowest BCUT2D eigenvalue weighted by atomic mass is 10.2. The number of sulfonamides is 1. The minimum absolute atomic E-state index is 0.191. The fourth-order valence-electron chi connectivity index (χ4n) is 3.17. The van der Waals surface area contributed by atoms with E-state index in [2.05, 4.69) is 5.32 Å². The van der Waals surface area contributed by atoms with Crippen molar-refractivity contribution in [1.82, 2.24) is 5.32 Å². The van der Waals surface area contributed by atoms with Gasteiger partial charge in [0.15, 0.2) is 11.5 Å². The van der Waals surface area contributed by atoms with Crippen molar-refractivity contribution in [3.05, 3.63) is 53.6 Å². The maximum Gasteiger partial charge on any atom is 0.244 e. The van der Waals surface area contributed by atoms with E-state index < -0.39 is 22.0 Å². The van der Waals surface area contributed by atoms with Gasteiger partial charge in [-0.2, -0.15) is 0 Å². The molecule has 2 aromatic rings. The van der Waals surface area contributed by atoms with E-state index in [9.17, 15) is 13.2 Å². The highest BCUT2D eigenvalue weighted by atomic mass is 35.5. The zero-order valence-electron chi connectivity index (χ0n) is 16.2. The molecule has 7 nitrogen and oxygen atoms in total. The Kier molecular flexibility index (Phi) is 6.54. The summed E-state index contributed by atoms with van der Waals surface area (Å²) in [5, 5.41) is 3.17. The van der Waals surface area contributed by atoms with Crippen LogP contribution in [0.25, 0.3) is 0 Å². The van der Waals surface area contributed by atoms with Crippen molar-refractivity contribution in [3.8, 4) is 11.5 Å². The summed E-state index contributed by atoms with van der Waals surface area (Å²) in [6.07, 6.45) is 0.985. The van der Waals surface area contributed by atoms with Crippen molar-refractivity contribution in [1.29, 1.82) is 0 Å². The molecule has 0 aliphatic carbocycles. The molecule has 0 radical (unpaired) electrons. The molecule has 156 valence electrons. The summed E-state index contributed by atoms with van der Waals surface area (Å²) in [4.78, 5) is 12.9. The standard InChI is InChI=1S/C20H23ClN2O5S/c1-3-17(23(29(2,25)26)15-8-6-7-14(21)11-15)20(24)22-12-16-13-27-18-9-4-5-10-19(18)28-16/h4-11,16-17H,3,12-13H2,1-2H3,(H,22,24)/t16-,17-/m0/s1. The molecule has 29 heavy (non-hydrogen) atoms. The molecule has 0 aromatic heterocycles. The number of fused-ring (bicyclic) bond motifs is 1. The number of rotatable bonds is 7. The number of hydrogen-bond acceptors (Lipinski definition) is 5. The van der Waals surface area contributed by atoms with Gasteiger partial charge in [0.25, 0.3) is 0 Å². The van der Waals surface area contributed by atoms with Gasteiger partial charge in [0.1, 0.15) is 18.8 Å². The summed E-state index contributed by atoms with van der Waals surface area (Å²) < 4.78 is 37.5. The molecule has 0 fully saturated rings. The number of halogens is 1. The number of hydrogen-bond donors (Lipinski definition) is 1. The number of nitrogens with zero attached hydrogens (tertiary/aromatic N) is 1. The van der Waals surface area contributed by atoms with Crippen LogP contribution in [0, 0.1) is 0 Å². The molecule has 0 spiro atoms. The molecule has 0 saturated carbocycles. The van der Waals surface area contributed by atoms with Gasteiger partial charge < -0.3 is 14.8 Å². The van der Waals surface area contributed by atoms with Crippen LogP contribution in [0.4, 0.5) is 5.69 Å². The lowest BCUT2D eigenvalue weighted by Gasteiger charge is -2.31. The molecule has 0 bridgehead atoms. The Labute approximate surface area is 175 Å². The van der Waals surface area contributed by atoms with Crippen molar-refractivity contribution in [2.75, 3.05) is 23.7 Å². The monoisotopic (exact) mass is 438 g/mol. The summed E-state index contributed by atoms with van der Waals surface area (Å²) in [7, 11) is -3.72. The number of carbonyl (C=O) groups excluding carboxylic acids is 1. The van der Waals surface area contributed by atoms with Gasteiger partial charge in [-0.15, -0.1) is 0 Å². The molecular formula is C20H23ClN2O5S. The molecule has 1 heterocycles. The number of anilines is 1. The minimum atomic E-state index is -3.72. The second-order valence-electron chi connectivity index (χ2n) is 6.71. The average Bonchev–Trinajstić information content (AvgIpc) is 2.69. The van der Waals surface area contributed by atoms with Gasteiger partial charge in [0.05, 0.1) is 18.5 Å². The number of para-hydroxylation sites is 2. The van der Waals surface area contributed by atoms with Gasteiger partial charge in [-0.25, -0.2) is 8.42 Å². The molecule has 1 aliphatic heterocycles. The number of ether oxygens (including phenoxy) is 2. The average molecular weight is 439 g/mol. The topological polar surface area (TPSA) is 84.9 Å². The maximum atomic E-state index is 12.9. The lowest BCUT2D eigenvalue weighted by Crippen LogP contribution is -2.51. The quantitative estimate of drug-likeness (QED) is 0.718. The van der Waals surface area contributed by atoms with Crippen LogP contribution in [0.3, 0.4) is 0 Å². The molecule has 1 amide bonds. The van der Waals surface area contributed by atoms with Crippen LogP contribution in [0.15, 0.2) is 48.5 Å². The Hall–Kier alpha value is -2.45. The smallest absolute Gasteiger partial charge is 0.244 e. The van der Waals surface area contributed by atoms with Crippen molar-refractivity contribution in [2.24, 2.45) is 0 Å². The zero-order chi connectivity index (χ0) is 21.0.